The number of oxazole rings is 1. The van der Waals surface area contributed by atoms with Crippen LogP contribution < -0.4 is 10.5 Å². The van der Waals surface area contributed by atoms with Crippen molar-refractivity contribution in [3.8, 4) is 0 Å². The summed E-state index contributed by atoms with van der Waals surface area (Å²) in [4.78, 5) is 25.1. The van der Waals surface area contributed by atoms with Crippen molar-refractivity contribution in [2.45, 2.75) is 11.8 Å². The minimum Gasteiger partial charge on any atom is -0.408 e. The number of hydrogen-bond acceptors (Lipinski definition) is 5. The predicted octanol–water partition coefficient (Wildman–Crippen LogP) is 2.12. The molecule has 2 N–H and O–H groups in total. The normalized spacial score (nSPS) is 11.5. The molecule has 0 unspecified atom stereocenters. The molecule has 0 aliphatic carbocycles. The molecule has 118 valence electrons. The van der Waals surface area contributed by atoms with Crippen LogP contribution in [-0.2, 0) is 10.0 Å². The average molecular weight is 332 g/mol. The number of H-pyrrole nitrogens is 1. The highest BCUT2D eigenvalue weighted by Crippen LogP contribution is 2.22. The number of hydrogen-bond donors (Lipinski definition) is 2. The first kappa shape index (κ1) is 15.0. The van der Waals surface area contributed by atoms with E-state index in [1.165, 1.54) is 37.3 Å². The minimum atomic E-state index is -3.93. The van der Waals surface area contributed by atoms with Gasteiger partial charge in [-0.2, -0.15) is 0 Å². The number of nitrogens with one attached hydrogen (secondary N) is 2. The van der Waals surface area contributed by atoms with Gasteiger partial charge in [-0.3, -0.25) is 14.5 Å². The first-order valence-electron chi connectivity index (χ1n) is 6.62. The molecule has 3 aromatic rings. The van der Waals surface area contributed by atoms with Gasteiger partial charge in [-0.05, 0) is 31.2 Å². The van der Waals surface area contributed by atoms with E-state index < -0.39 is 15.8 Å². The number of aromatic nitrogens is 1. The average Bonchev–Trinajstić information content (AvgIpc) is 2.86. The highest BCUT2D eigenvalue weighted by Gasteiger charge is 2.18. The number of carbonyl (C=O) groups is 1. The maximum Gasteiger partial charge on any atom is 0.417 e. The fourth-order valence-corrected chi connectivity index (χ4v) is 3.27. The van der Waals surface area contributed by atoms with Crippen molar-refractivity contribution in [2.24, 2.45) is 0 Å². The zero-order valence-electron chi connectivity index (χ0n) is 12.0. The van der Waals surface area contributed by atoms with Crippen molar-refractivity contribution in [1.29, 1.82) is 0 Å². The van der Waals surface area contributed by atoms with Crippen LogP contribution in [0.5, 0.6) is 0 Å². The smallest absolute Gasteiger partial charge is 0.408 e. The summed E-state index contributed by atoms with van der Waals surface area (Å²) in [6.45, 7) is 1.35. The number of para-hydroxylation sites is 1. The summed E-state index contributed by atoms with van der Waals surface area (Å²) in [5, 5.41) is 0. The number of sulfonamides is 1. The van der Waals surface area contributed by atoms with Crippen LogP contribution in [0.15, 0.2) is 56.6 Å². The lowest BCUT2D eigenvalue weighted by Crippen LogP contribution is -2.15. The Bertz CT molecular complexity index is 1060. The highest BCUT2D eigenvalue weighted by molar-refractivity contribution is 7.92. The van der Waals surface area contributed by atoms with Crippen LogP contribution in [-0.4, -0.2) is 19.2 Å². The standard InChI is InChI=1S/C15H12N2O5S/c1-9(18)11-4-2-3-5-12(11)17-23(20,21)10-6-7-13-14(8-10)22-15(19)16-13/h2-8,17H,1H3,(H,16,19). The zero-order chi connectivity index (χ0) is 16.6. The topological polar surface area (TPSA) is 109 Å². The Morgan fingerprint density at radius 3 is 2.65 bits per heavy atom. The zero-order valence-corrected chi connectivity index (χ0v) is 12.8. The number of rotatable bonds is 4. The molecule has 8 heteroatoms. The largest absolute Gasteiger partial charge is 0.417 e. The van der Waals surface area contributed by atoms with E-state index >= 15 is 0 Å². The van der Waals surface area contributed by atoms with Gasteiger partial charge in [-0.15, -0.1) is 0 Å². The van der Waals surface area contributed by atoms with Gasteiger partial charge in [0, 0.05) is 11.6 Å². The Labute approximate surface area is 131 Å². The van der Waals surface area contributed by atoms with Crippen molar-refractivity contribution in [3.63, 3.8) is 0 Å². The maximum atomic E-state index is 12.5. The van der Waals surface area contributed by atoms with E-state index in [1.54, 1.807) is 12.1 Å². The van der Waals surface area contributed by atoms with Crippen molar-refractivity contribution in [1.82, 2.24) is 4.98 Å². The summed E-state index contributed by atoms with van der Waals surface area (Å²) < 4.78 is 32.2. The van der Waals surface area contributed by atoms with E-state index in [4.69, 9.17) is 4.42 Å². The minimum absolute atomic E-state index is 0.0777. The van der Waals surface area contributed by atoms with Crippen molar-refractivity contribution >= 4 is 32.6 Å². The monoisotopic (exact) mass is 332 g/mol. The molecule has 0 spiro atoms. The summed E-state index contributed by atoms with van der Waals surface area (Å²) >= 11 is 0. The Balaban J connectivity index is 2.04. The van der Waals surface area contributed by atoms with Gasteiger partial charge >= 0.3 is 5.76 Å². The van der Waals surface area contributed by atoms with Crippen LogP contribution in [0, 0.1) is 0 Å². The van der Waals surface area contributed by atoms with Crippen LogP contribution in [0.1, 0.15) is 17.3 Å². The van der Waals surface area contributed by atoms with E-state index in [9.17, 15) is 18.0 Å². The third-order valence-electron chi connectivity index (χ3n) is 3.25. The second-order valence-electron chi connectivity index (χ2n) is 4.88. The number of fused-ring (bicyclic) bond motifs is 1. The molecule has 0 atom stereocenters. The number of anilines is 1. The molecule has 0 aliphatic heterocycles. The van der Waals surface area contributed by atoms with Crippen molar-refractivity contribution < 1.29 is 17.6 Å². The molecular weight excluding hydrogens is 320 g/mol. The summed E-state index contributed by atoms with van der Waals surface area (Å²) in [7, 11) is -3.93. The number of ketones is 1. The van der Waals surface area contributed by atoms with Gasteiger partial charge in [-0.25, -0.2) is 13.2 Å². The number of benzene rings is 2. The summed E-state index contributed by atoms with van der Waals surface area (Å²) in [6.07, 6.45) is 0. The Kier molecular flexibility index (Phi) is 3.53. The van der Waals surface area contributed by atoms with Crippen molar-refractivity contribution in [2.75, 3.05) is 4.72 Å². The summed E-state index contributed by atoms with van der Waals surface area (Å²) in [5.74, 6) is -0.917. The van der Waals surface area contributed by atoms with Crippen molar-refractivity contribution in [3.05, 3.63) is 58.6 Å². The molecular formula is C15H12N2O5S. The van der Waals surface area contributed by atoms with Gasteiger partial charge in [-0.1, -0.05) is 12.1 Å². The molecule has 2 aromatic carbocycles. The van der Waals surface area contributed by atoms with E-state index in [1.807, 2.05) is 0 Å². The summed E-state index contributed by atoms with van der Waals surface area (Å²) in [6, 6.07) is 10.3. The molecule has 3 rings (SSSR count). The Morgan fingerprint density at radius 1 is 1.17 bits per heavy atom. The van der Waals surface area contributed by atoms with E-state index in [-0.39, 0.29) is 27.5 Å². The van der Waals surface area contributed by atoms with Gasteiger partial charge in [0.25, 0.3) is 10.0 Å². The SMILES string of the molecule is CC(=O)c1ccccc1NS(=O)(=O)c1ccc2[nH]c(=O)oc2c1. The second-order valence-corrected chi connectivity index (χ2v) is 6.56. The first-order valence-corrected chi connectivity index (χ1v) is 8.11. The molecule has 0 saturated carbocycles. The highest BCUT2D eigenvalue weighted by atomic mass is 32.2. The molecule has 0 saturated heterocycles. The van der Waals surface area contributed by atoms with Crippen LogP contribution in [0.2, 0.25) is 0 Å². The Morgan fingerprint density at radius 2 is 1.91 bits per heavy atom. The first-order chi connectivity index (χ1) is 10.9. The van der Waals surface area contributed by atoms with Crippen LogP contribution in [0.3, 0.4) is 0 Å². The lowest BCUT2D eigenvalue weighted by molar-refractivity contribution is 0.101. The van der Waals surface area contributed by atoms with Gasteiger partial charge in [0.1, 0.15) is 0 Å². The fraction of sp³-hybridized carbons (Fsp3) is 0.0667. The van der Waals surface area contributed by atoms with E-state index in [0.29, 0.717) is 5.52 Å². The van der Waals surface area contributed by atoms with Gasteiger partial charge in [0.2, 0.25) is 0 Å². The second kappa shape index (κ2) is 5.40. The van der Waals surface area contributed by atoms with Crippen LogP contribution in [0.4, 0.5) is 5.69 Å². The van der Waals surface area contributed by atoms with E-state index in [2.05, 4.69) is 9.71 Å². The number of carbonyl (C=O) groups excluding carboxylic acids is 1. The predicted molar refractivity (Wildman–Crippen MR) is 84.1 cm³/mol. The molecule has 0 amide bonds. The lowest BCUT2D eigenvalue weighted by atomic mass is 10.1. The Hall–Kier alpha value is -2.87. The molecule has 1 aromatic heterocycles. The quantitative estimate of drug-likeness (QED) is 0.711. The van der Waals surface area contributed by atoms with Crippen LogP contribution >= 0.6 is 0 Å². The van der Waals surface area contributed by atoms with Crippen LogP contribution in [0.25, 0.3) is 11.1 Å². The molecule has 7 nitrogen and oxygen atoms in total. The number of Topliss-reactive ketones (excluding diaryl/α,β-unsaturated/α-hetero) is 1. The lowest BCUT2D eigenvalue weighted by Gasteiger charge is -2.10. The van der Waals surface area contributed by atoms with Gasteiger partial charge in [0.15, 0.2) is 11.4 Å². The van der Waals surface area contributed by atoms with E-state index in [0.717, 1.165) is 0 Å². The molecule has 1 heterocycles. The third-order valence-corrected chi connectivity index (χ3v) is 4.62. The fourth-order valence-electron chi connectivity index (χ4n) is 2.18. The van der Waals surface area contributed by atoms with Gasteiger partial charge in [0.05, 0.1) is 16.1 Å². The molecule has 0 aliphatic rings. The molecule has 0 bridgehead atoms. The molecule has 0 radical (unpaired) electrons. The summed E-state index contributed by atoms with van der Waals surface area (Å²) in [5.41, 5.74) is 0.997. The maximum absolute atomic E-state index is 12.5. The third kappa shape index (κ3) is 2.88. The van der Waals surface area contributed by atoms with Gasteiger partial charge < -0.3 is 4.42 Å². The molecule has 23 heavy (non-hydrogen) atoms. The number of aromatic amines is 1. The molecule has 0 fully saturated rings.